The van der Waals surface area contributed by atoms with E-state index >= 15 is 0 Å². The van der Waals surface area contributed by atoms with E-state index in [-0.39, 0.29) is 5.91 Å². The number of piperazine rings is 1. The number of amides is 1. The molecule has 1 heterocycles. The fourth-order valence-corrected chi connectivity index (χ4v) is 3.60. The molecule has 1 amide bonds. The van der Waals surface area contributed by atoms with Gasteiger partial charge in [-0.25, -0.2) is 0 Å². The second-order valence-corrected chi connectivity index (χ2v) is 7.49. The van der Waals surface area contributed by atoms with Crippen molar-refractivity contribution >= 4 is 11.6 Å². The molecule has 0 bridgehead atoms. The number of benzene rings is 2. The molecule has 25 heavy (non-hydrogen) atoms. The molecule has 1 aliphatic rings. The van der Waals surface area contributed by atoms with Crippen LogP contribution in [0.25, 0.3) is 0 Å². The summed E-state index contributed by atoms with van der Waals surface area (Å²) in [5, 5.41) is 0. The number of carbonyl (C=O) groups excluding carboxylic acids is 1. The van der Waals surface area contributed by atoms with Gasteiger partial charge in [-0.3, -0.25) is 4.79 Å². The van der Waals surface area contributed by atoms with Crippen LogP contribution in [-0.4, -0.2) is 37.0 Å². The summed E-state index contributed by atoms with van der Waals surface area (Å²) in [6.07, 6.45) is 0. The van der Waals surface area contributed by atoms with Crippen molar-refractivity contribution < 1.29 is 4.79 Å². The van der Waals surface area contributed by atoms with E-state index in [1.54, 1.807) is 0 Å². The number of aryl methyl sites for hydroxylation is 1. The average molecular weight is 336 g/mol. The molecule has 0 aromatic heterocycles. The highest BCUT2D eigenvalue weighted by molar-refractivity contribution is 5.87. The minimum atomic E-state index is -0.483. The number of rotatable bonds is 3. The fraction of sp³-hybridized carbons (Fsp3) is 0.409. The van der Waals surface area contributed by atoms with Crippen molar-refractivity contribution in [3.8, 4) is 0 Å². The molecule has 0 atom stereocenters. The maximum atomic E-state index is 13.1. The fourth-order valence-electron chi connectivity index (χ4n) is 3.60. The lowest BCUT2D eigenvalue weighted by atomic mass is 9.83. The van der Waals surface area contributed by atoms with Gasteiger partial charge in [-0.05, 0) is 50.5 Å². The minimum absolute atomic E-state index is 0.222. The lowest BCUT2D eigenvalue weighted by Gasteiger charge is -2.40. The van der Waals surface area contributed by atoms with Crippen molar-refractivity contribution in [1.29, 1.82) is 0 Å². The SMILES string of the molecule is Cc1cccc(N2CCN(C(=O)C(C)(C)c3ccccc3)CC2)c1C. The van der Waals surface area contributed by atoms with E-state index in [1.807, 2.05) is 49.1 Å². The molecule has 1 saturated heterocycles. The van der Waals surface area contributed by atoms with E-state index in [9.17, 15) is 4.79 Å². The molecule has 3 nitrogen and oxygen atoms in total. The highest BCUT2D eigenvalue weighted by Gasteiger charge is 2.35. The predicted octanol–water partition coefficient (Wildman–Crippen LogP) is 3.93. The lowest BCUT2D eigenvalue weighted by Crippen LogP contribution is -2.53. The summed E-state index contributed by atoms with van der Waals surface area (Å²) in [7, 11) is 0. The largest absolute Gasteiger partial charge is 0.368 e. The van der Waals surface area contributed by atoms with Gasteiger partial charge in [0.15, 0.2) is 0 Å². The quantitative estimate of drug-likeness (QED) is 0.848. The Morgan fingerprint density at radius 2 is 1.52 bits per heavy atom. The normalized spacial score (nSPS) is 15.4. The topological polar surface area (TPSA) is 23.6 Å². The highest BCUT2D eigenvalue weighted by Crippen LogP contribution is 2.28. The van der Waals surface area contributed by atoms with E-state index in [0.29, 0.717) is 0 Å². The standard InChI is InChI=1S/C22H28N2O/c1-17-9-8-12-20(18(17)2)23-13-15-24(16-14-23)21(25)22(3,4)19-10-6-5-7-11-19/h5-12H,13-16H2,1-4H3. The van der Waals surface area contributed by atoms with Crippen molar-refractivity contribution in [2.75, 3.05) is 31.1 Å². The summed E-state index contributed by atoms with van der Waals surface area (Å²) >= 11 is 0. The first kappa shape index (κ1) is 17.5. The van der Waals surface area contributed by atoms with Gasteiger partial charge in [-0.1, -0.05) is 42.5 Å². The molecule has 0 spiro atoms. The third-order valence-corrected chi connectivity index (χ3v) is 5.51. The summed E-state index contributed by atoms with van der Waals surface area (Å²) in [6, 6.07) is 16.6. The molecule has 2 aromatic carbocycles. The molecule has 1 fully saturated rings. The van der Waals surface area contributed by atoms with Gasteiger partial charge in [0, 0.05) is 31.9 Å². The van der Waals surface area contributed by atoms with Crippen LogP contribution in [0.15, 0.2) is 48.5 Å². The third-order valence-electron chi connectivity index (χ3n) is 5.51. The molecule has 0 saturated carbocycles. The first-order valence-corrected chi connectivity index (χ1v) is 9.07. The Morgan fingerprint density at radius 1 is 0.880 bits per heavy atom. The second-order valence-electron chi connectivity index (χ2n) is 7.49. The molecular weight excluding hydrogens is 308 g/mol. The van der Waals surface area contributed by atoms with Gasteiger partial charge in [0.1, 0.15) is 0 Å². The van der Waals surface area contributed by atoms with Crippen molar-refractivity contribution in [3.05, 3.63) is 65.2 Å². The van der Waals surface area contributed by atoms with E-state index in [2.05, 4.69) is 36.9 Å². The highest BCUT2D eigenvalue weighted by atomic mass is 16.2. The Morgan fingerprint density at radius 3 is 2.16 bits per heavy atom. The van der Waals surface area contributed by atoms with Crippen LogP contribution in [0.3, 0.4) is 0 Å². The number of anilines is 1. The zero-order chi connectivity index (χ0) is 18.0. The maximum Gasteiger partial charge on any atom is 0.232 e. The third kappa shape index (κ3) is 3.41. The average Bonchev–Trinajstić information content (AvgIpc) is 2.64. The Hall–Kier alpha value is -2.29. The zero-order valence-corrected chi connectivity index (χ0v) is 15.7. The van der Waals surface area contributed by atoms with Crippen molar-refractivity contribution in [2.24, 2.45) is 0 Å². The van der Waals surface area contributed by atoms with Crippen molar-refractivity contribution in [1.82, 2.24) is 4.90 Å². The molecule has 0 unspecified atom stereocenters. The number of nitrogens with zero attached hydrogens (tertiary/aromatic N) is 2. The Balaban J connectivity index is 1.70. The molecule has 1 aliphatic heterocycles. The number of carbonyl (C=O) groups is 1. The summed E-state index contributed by atoms with van der Waals surface area (Å²) in [4.78, 5) is 17.5. The van der Waals surface area contributed by atoms with Crippen molar-refractivity contribution in [2.45, 2.75) is 33.1 Å². The molecule has 0 radical (unpaired) electrons. The van der Waals surface area contributed by atoms with Gasteiger partial charge in [0.25, 0.3) is 0 Å². The predicted molar refractivity (Wildman–Crippen MR) is 104 cm³/mol. The van der Waals surface area contributed by atoms with Gasteiger partial charge in [-0.15, -0.1) is 0 Å². The number of hydrogen-bond acceptors (Lipinski definition) is 2. The summed E-state index contributed by atoms with van der Waals surface area (Å²) in [5.41, 5.74) is 4.56. The van der Waals surface area contributed by atoms with Gasteiger partial charge in [0.05, 0.1) is 5.41 Å². The molecule has 3 rings (SSSR count). The molecular formula is C22H28N2O. The van der Waals surface area contributed by atoms with Crippen LogP contribution in [0, 0.1) is 13.8 Å². The Bertz CT molecular complexity index is 744. The maximum absolute atomic E-state index is 13.1. The smallest absolute Gasteiger partial charge is 0.232 e. The van der Waals surface area contributed by atoms with Crippen LogP contribution in [0.4, 0.5) is 5.69 Å². The van der Waals surface area contributed by atoms with Crippen LogP contribution in [0.1, 0.15) is 30.5 Å². The van der Waals surface area contributed by atoms with Gasteiger partial charge in [0.2, 0.25) is 5.91 Å². The van der Waals surface area contributed by atoms with Gasteiger partial charge < -0.3 is 9.80 Å². The molecule has 0 aliphatic carbocycles. The van der Waals surface area contributed by atoms with E-state index in [1.165, 1.54) is 16.8 Å². The van der Waals surface area contributed by atoms with Crippen LogP contribution in [0.2, 0.25) is 0 Å². The van der Waals surface area contributed by atoms with E-state index in [0.717, 1.165) is 31.7 Å². The van der Waals surface area contributed by atoms with Crippen LogP contribution < -0.4 is 4.90 Å². The molecule has 0 N–H and O–H groups in total. The monoisotopic (exact) mass is 336 g/mol. The second kappa shape index (κ2) is 6.91. The van der Waals surface area contributed by atoms with Crippen LogP contribution in [0.5, 0.6) is 0 Å². The van der Waals surface area contributed by atoms with Gasteiger partial charge in [-0.2, -0.15) is 0 Å². The number of hydrogen-bond donors (Lipinski definition) is 0. The molecule has 2 aromatic rings. The Labute approximate surface area is 151 Å². The van der Waals surface area contributed by atoms with Crippen LogP contribution in [-0.2, 0) is 10.2 Å². The zero-order valence-electron chi connectivity index (χ0n) is 15.7. The van der Waals surface area contributed by atoms with Crippen LogP contribution >= 0.6 is 0 Å². The molecule has 132 valence electrons. The summed E-state index contributed by atoms with van der Waals surface area (Å²) < 4.78 is 0. The minimum Gasteiger partial charge on any atom is -0.368 e. The van der Waals surface area contributed by atoms with Crippen molar-refractivity contribution in [3.63, 3.8) is 0 Å². The van der Waals surface area contributed by atoms with E-state index in [4.69, 9.17) is 0 Å². The van der Waals surface area contributed by atoms with E-state index < -0.39 is 5.41 Å². The summed E-state index contributed by atoms with van der Waals surface area (Å²) in [6.45, 7) is 11.7. The molecule has 3 heteroatoms. The lowest BCUT2D eigenvalue weighted by molar-refractivity contribution is -0.136. The first-order chi connectivity index (χ1) is 11.9. The summed E-state index contributed by atoms with van der Waals surface area (Å²) in [5.74, 6) is 0.222. The Kier molecular flexibility index (Phi) is 4.85. The first-order valence-electron chi connectivity index (χ1n) is 9.07. The van der Waals surface area contributed by atoms with Gasteiger partial charge >= 0.3 is 0 Å².